The molecule has 1 aromatic carbocycles. The van der Waals surface area contributed by atoms with Crippen molar-refractivity contribution >= 4 is 5.71 Å². The van der Waals surface area contributed by atoms with Gasteiger partial charge in [0, 0.05) is 0 Å². The van der Waals surface area contributed by atoms with Crippen LogP contribution < -0.4 is 10.6 Å². The van der Waals surface area contributed by atoms with Crippen LogP contribution in [0.15, 0.2) is 29.4 Å². The highest BCUT2D eigenvalue weighted by molar-refractivity contribution is 5.98. The lowest BCUT2D eigenvalue weighted by Gasteiger charge is -2.05. The van der Waals surface area contributed by atoms with Gasteiger partial charge in [0.15, 0.2) is 0 Å². The number of hydrazone groups is 1. The Morgan fingerprint density at radius 1 is 1.33 bits per heavy atom. The number of ether oxygens (including phenoxy) is 1. The van der Waals surface area contributed by atoms with Gasteiger partial charge in [0.25, 0.3) is 0 Å². The summed E-state index contributed by atoms with van der Waals surface area (Å²) in [5, 5.41) is 3.64. The molecule has 0 aliphatic carbocycles. The highest BCUT2D eigenvalue weighted by Crippen LogP contribution is 2.13. The first-order valence-corrected chi connectivity index (χ1v) is 5.25. The van der Waals surface area contributed by atoms with Gasteiger partial charge in [0.1, 0.15) is 5.75 Å². The third-order valence-corrected chi connectivity index (χ3v) is 2.23. The molecule has 0 aliphatic rings. The average molecular weight is 206 g/mol. The van der Waals surface area contributed by atoms with E-state index in [2.05, 4.69) is 12.0 Å². The van der Waals surface area contributed by atoms with Gasteiger partial charge in [-0.1, -0.05) is 13.3 Å². The van der Waals surface area contributed by atoms with Gasteiger partial charge in [-0.25, -0.2) is 0 Å². The second-order valence-corrected chi connectivity index (χ2v) is 3.44. The molecule has 3 nitrogen and oxygen atoms in total. The average Bonchev–Trinajstić information content (AvgIpc) is 2.29. The summed E-state index contributed by atoms with van der Waals surface area (Å²) in [6.07, 6.45) is 2.24. The molecule has 1 rings (SSSR count). The van der Waals surface area contributed by atoms with E-state index in [0.717, 1.165) is 36.5 Å². The Balaban J connectivity index is 2.56. The maximum Gasteiger partial charge on any atom is 0.119 e. The van der Waals surface area contributed by atoms with E-state index in [1.807, 2.05) is 31.2 Å². The lowest BCUT2D eigenvalue weighted by atomic mass is 10.1. The molecule has 15 heavy (non-hydrogen) atoms. The Labute approximate surface area is 90.9 Å². The van der Waals surface area contributed by atoms with Gasteiger partial charge in [0.2, 0.25) is 0 Å². The zero-order valence-corrected chi connectivity index (χ0v) is 9.36. The molecule has 0 fully saturated rings. The zero-order valence-electron chi connectivity index (χ0n) is 9.36. The van der Waals surface area contributed by atoms with Crippen LogP contribution in [0.2, 0.25) is 0 Å². The summed E-state index contributed by atoms with van der Waals surface area (Å²) in [7, 11) is 0. The Morgan fingerprint density at radius 3 is 2.53 bits per heavy atom. The van der Waals surface area contributed by atoms with Crippen LogP contribution >= 0.6 is 0 Å². The van der Waals surface area contributed by atoms with Crippen LogP contribution in [0, 0.1) is 0 Å². The van der Waals surface area contributed by atoms with Crippen LogP contribution in [0.1, 0.15) is 32.3 Å². The van der Waals surface area contributed by atoms with Gasteiger partial charge >= 0.3 is 0 Å². The predicted octanol–water partition coefficient (Wildman–Crippen LogP) is 2.55. The van der Waals surface area contributed by atoms with E-state index in [1.165, 1.54) is 0 Å². The highest BCUT2D eigenvalue weighted by atomic mass is 16.5. The molecular weight excluding hydrogens is 188 g/mol. The van der Waals surface area contributed by atoms with Crippen molar-refractivity contribution in [1.82, 2.24) is 0 Å². The lowest BCUT2D eigenvalue weighted by Crippen LogP contribution is -2.00. The molecule has 82 valence electrons. The number of benzene rings is 1. The first-order chi connectivity index (χ1) is 7.27. The van der Waals surface area contributed by atoms with Crippen LogP contribution in [0.3, 0.4) is 0 Å². The van der Waals surface area contributed by atoms with E-state index in [1.54, 1.807) is 0 Å². The minimum Gasteiger partial charge on any atom is -0.494 e. The molecule has 2 N–H and O–H groups in total. The first kappa shape index (κ1) is 11.6. The molecule has 0 saturated heterocycles. The van der Waals surface area contributed by atoms with Crippen molar-refractivity contribution in [3.63, 3.8) is 0 Å². The fourth-order valence-corrected chi connectivity index (χ4v) is 1.20. The van der Waals surface area contributed by atoms with Gasteiger partial charge < -0.3 is 10.6 Å². The van der Waals surface area contributed by atoms with Crippen LogP contribution in [0.4, 0.5) is 0 Å². The number of nitrogens with two attached hydrogens (primary N) is 1. The fraction of sp³-hybridized carbons (Fsp3) is 0.417. The number of hydrogen-bond donors (Lipinski definition) is 1. The van der Waals surface area contributed by atoms with Gasteiger partial charge in [-0.2, -0.15) is 5.10 Å². The SMILES string of the molecule is CCCCOc1ccc(/C(C)=N/N)cc1. The van der Waals surface area contributed by atoms with Crippen LogP contribution in [-0.2, 0) is 0 Å². The summed E-state index contributed by atoms with van der Waals surface area (Å²) >= 11 is 0. The summed E-state index contributed by atoms with van der Waals surface area (Å²) in [5.74, 6) is 6.10. The quantitative estimate of drug-likeness (QED) is 0.348. The van der Waals surface area contributed by atoms with Gasteiger partial charge in [-0.05, 0) is 43.2 Å². The molecule has 0 bridgehead atoms. The smallest absolute Gasteiger partial charge is 0.119 e. The molecule has 1 aromatic rings. The van der Waals surface area contributed by atoms with Crippen molar-refractivity contribution in [2.75, 3.05) is 6.61 Å². The van der Waals surface area contributed by atoms with Crippen LogP contribution in [0.25, 0.3) is 0 Å². The largest absolute Gasteiger partial charge is 0.494 e. The normalized spacial score (nSPS) is 11.5. The minimum absolute atomic E-state index is 0.778. The van der Waals surface area contributed by atoms with E-state index in [4.69, 9.17) is 10.6 Å². The van der Waals surface area contributed by atoms with Gasteiger partial charge in [0.05, 0.1) is 12.3 Å². The van der Waals surface area contributed by atoms with E-state index >= 15 is 0 Å². The first-order valence-electron chi connectivity index (χ1n) is 5.25. The Bertz CT molecular complexity index is 317. The summed E-state index contributed by atoms with van der Waals surface area (Å²) in [6, 6.07) is 7.82. The van der Waals surface area contributed by atoms with Crippen LogP contribution in [-0.4, -0.2) is 12.3 Å². The third-order valence-electron chi connectivity index (χ3n) is 2.23. The second-order valence-electron chi connectivity index (χ2n) is 3.44. The second kappa shape index (κ2) is 6.06. The third kappa shape index (κ3) is 3.62. The summed E-state index contributed by atoms with van der Waals surface area (Å²) in [4.78, 5) is 0. The minimum atomic E-state index is 0.778. The molecule has 0 spiro atoms. The standard InChI is InChI=1S/C12H18N2O/c1-3-4-9-15-12-7-5-11(6-8-12)10(2)14-13/h5-8H,3-4,9,13H2,1-2H3/b14-10+. The summed E-state index contributed by atoms with van der Waals surface area (Å²) in [5.41, 5.74) is 1.86. The van der Waals surface area contributed by atoms with Gasteiger partial charge in [-0.3, -0.25) is 0 Å². The monoisotopic (exact) mass is 206 g/mol. The zero-order chi connectivity index (χ0) is 11.1. The number of rotatable bonds is 5. The topological polar surface area (TPSA) is 47.6 Å². The lowest BCUT2D eigenvalue weighted by molar-refractivity contribution is 0.309. The molecule has 0 saturated carbocycles. The predicted molar refractivity (Wildman–Crippen MR) is 63.2 cm³/mol. The van der Waals surface area contributed by atoms with Crippen LogP contribution in [0.5, 0.6) is 5.75 Å². The fourth-order valence-electron chi connectivity index (χ4n) is 1.20. The van der Waals surface area contributed by atoms with Crippen molar-refractivity contribution < 1.29 is 4.74 Å². The van der Waals surface area contributed by atoms with Gasteiger partial charge in [-0.15, -0.1) is 0 Å². The number of nitrogens with zero attached hydrogens (tertiary/aromatic N) is 1. The maximum absolute atomic E-state index is 5.54. The van der Waals surface area contributed by atoms with E-state index in [0.29, 0.717) is 0 Å². The van der Waals surface area contributed by atoms with Crippen molar-refractivity contribution in [3.8, 4) is 5.75 Å². The maximum atomic E-state index is 5.54. The van der Waals surface area contributed by atoms with Crippen molar-refractivity contribution in [2.24, 2.45) is 10.9 Å². The molecule has 0 aliphatic heterocycles. The Kier molecular flexibility index (Phi) is 4.68. The van der Waals surface area contributed by atoms with E-state index < -0.39 is 0 Å². The molecular formula is C12H18N2O. The molecule has 0 radical (unpaired) electrons. The molecule has 0 amide bonds. The number of hydrogen-bond acceptors (Lipinski definition) is 3. The summed E-state index contributed by atoms with van der Waals surface area (Å²) in [6.45, 7) is 4.81. The summed E-state index contributed by atoms with van der Waals surface area (Å²) < 4.78 is 5.54. The van der Waals surface area contributed by atoms with Crippen molar-refractivity contribution in [3.05, 3.63) is 29.8 Å². The molecule has 0 aromatic heterocycles. The molecule has 0 unspecified atom stereocenters. The highest BCUT2D eigenvalue weighted by Gasteiger charge is 1.97. The molecule has 0 heterocycles. The molecule has 0 atom stereocenters. The Hall–Kier alpha value is -1.51. The number of unbranched alkanes of at least 4 members (excludes halogenated alkanes) is 1. The van der Waals surface area contributed by atoms with Crippen molar-refractivity contribution in [1.29, 1.82) is 0 Å². The van der Waals surface area contributed by atoms with Crippen molar-refractivity contribution in [2.45, 2.75) is 26.7 Å². The Morgan fingerprint density at radius 2 is 2.00 bits per heavy atom. The van der Waals surface area contributed by atoms with E-state index in [-0.39, 0.29) is 0 Å². The molecule has 3 heteroatoms. The van der Waals surface area contributed by atoms with E-state index in [9.17, 15) is 0 Å².